The van der Waals surface area contributed by atoms with Gasteiger partial charge in [0.15, 0.2) is 5.69 Å². The number of hydrogen-bond donors (Lipinski definition) is 1. The van der Waals surface area contributed by atoms with E-state index in [1.54, 1.807) is 24.3 Å². The van der Waals surface area contributed by atoms with Crippen LogP contribution in [0.2, 0.25) is 0 Å². The highest BCUT2D eigenvalue weighted by atomic mass is 16.2. The Morgan fingerprint density at radius 3 is 2.42 bits per heavy atom. The van der Waals surface area contributed by atoms with E-state index in [4.69, 9.17) is 0 Å². The van der Waals surface area contributed by atoms with E-state index in [9.17, 15) is 9.59 Å². The molecule has 0 spiro atoms. The number of nitrogens with zero attached hydrogens (tertiary/aromatic N) is 3. The molecular weight excluding hydrogens is 328 g/mol. The van der Waals surface area contributed by atoms with Crippen molar-refractivity contribution < 1.29 is 4.79 Å². The van der Waals surface area contributed by atoms with E-state index in [1.165, 1.54) is 4.68 Å². The maximum Gasteiger partial charge on any atom is 0.292 e. The Bertz CT molecular complexity index is 1020. The van der Waals surface area contributed by atoms with Crippen molar-refractivity contribution in [2.24, 2.45) is 5.10 Å². The van der Waals surface area contributed by atoms with E-state index in [0.29, 0.717) is 23.0 Å². The van der Waals surface area contributed by atoms with Gasteiger partial charge in [0.05, 0.1) is 11.1 Å². The second-order valence-corrected chi connectivity index (χ2v) is 5.93. The van der Waals surface area contributed by atoms with Crippen molar-refractivity contribution in [3.05, 3.63) is 76.2 Å². The Kier molecular flexibility index (Phi) is 5.22. The molecule has 0 saturated carbocycles. The summed E-state index contributed by atoms with van der Waals surface area (Å²) in [6.07, 6.45) is 0.748. The topological polar surface area (TPSA) is 76.3 Å². The number of fused-ring (bicyclic) bond motifs is 1. The summed E-state index contributed by atoms with van der Waals surface area (Å²) in [5.74, 6) is -0.443. The number of rotatable bonds is 5. The van der Waals surface area contributed by atoms with E-state index in [2.05, 4.69) is 15.6 Å². The first-order valence-electron chi connectivity index (χ1n) is 8.51. The number of carbonyl (C=O) groups excluding carboxylic acids is 1. The molecule has 26 heavy (non-hydrogen) atoms. The SMILES string of the molecule is CCCn1nc(C(=O)N/N=C(/C)c2ccccc2)c2ccccc2c1=O. The molecule has 1 aromatic heterocycles. The molecule has 1 amide bonds. The van der Waals surface area contributed by atoms with E-state index >= 15 is 0 Å². The number of benzene rings is 2. The first-order valence-corrected chi connectivity index (χ1v) is 8.51. The molecule has 6 nitrogen and oxygen atoms in total. The highest BCUT2D eigenvalue weighted by Crippen LogP contribution is 2.13. The van der Waals surface area contributed by atoms with Gasteiger partial charge < -0.3 is 0 Å². The monoisotopic (exact) mass is 348 g/mol. The van der Waals surface area contributed by atoms with Gasteiger partial charge >= 0.3 is 0 Å². The van der Waals surface area contributed by atoms with Gasteiger partial charge in [-0.3, -0.25) is 9.59 Å². The van der Waals surface area contributed by atoms with Crippen LogP contribution in [0.25, 0.3) is 10.8 Å². The third kappa shape index (κ3) is 3.54. The standard InChI is InChI=1S/C20H20N4O2/c1-3-13-24-20(26)17-12-8-7-11-16(17)18(23-24)19(25)22-21-14(2)15-9-5-4-6-10-15/h4-12H,3,13H2,1-2H3,(H,22,25)/b21-14-. The molecule has 0 atom stereocenters. The number of hydrogen-bond acceptors (Lipinski definition) is 4. The van der Waals surface area contributed by atoms with Crippen LogP contribution in [0.3, 0.4) is 0 Å². The lowest BCUT2D eigenvalue weighted by Crippen LogP contribution is -2.29. The van der Waals surface area contributed by atoms with Crippen LogP contribution in [0, 0.1) is 0 Å². The minimum absolute atomic E-state index is 0.192. The van der Waals surface area contributed by atoms with Gasteiger partial charge in [0.2, 0.25) is 0 Å². The predicted molar refractivity (Wildman–Crippen MR) is 102 cm³/mol. The summed E-state index contributed by atoms with van der Waals surface area (Å²) in [5.41, 5.74) is 4.15. The van der Waals surface area contributed by atoms with Crippen LogP contribution in [0.4, 0.5) is 0 Å². The molecule has 0 aliphatic carbocycles. The van der Waals surface area contributed by atoms with Crippen LogP contribution in [-0.2, 0) is 6.54 Å². The third-order valence-electron chi connectivity index (χ3n) is 4.03. The highest BCUT2D eigenvalue weighted by Gasteiger charge is 2.16. The summed E-state index contributed by atoms with van der Waals surface area (Å²) in [5, 5.41) is 9.43. The first-order chi connectivity index (χ1) is 12.6. The summed E-state index contributed by atoms with van der Waals surface area (Å²) in [6.45, 7) is 4.23. The Morgan fingerprint density at radius 2 is 1.73 bits per heavy atom. The van der Waals surface area contributed by atoms with E-state index in [1.807, 2.05) is 44.2 Å². The van der Waals surface area contributed by atoms with Crippen LogP contribution in [-0.4, -0.2) is 21.4 Å². The van der Waals surface area contributed by atoms with Crippen molar-refractivity contribution in [1.29, 1.82) is 0 Å². The van der Waals surface area contributed by atoms with Gasteiger partial charge in [-0.1, -0.05) is 55.5 Å². The lowest BCUT2D eigenvalue weighted by molar-refractivity contribution is 0.0949. The van der Waals surface area contributed by atoms with E-state index in [0.717, 1.165) is 12.0 Å². The fourth-order valence-corrected chi connectivity index (χ4v) is 2.70. The zero-order valence-electron chi connectivity index (χ0n) is 14.8. The molecule has 0 saturated heterocycles. The fraction of sp³-hybridized carbons (Fsp3) is 0.200. The second kappa shape index (κ2) is 7.74. The van der Waals surface area contributed by atoms with Crippen molar-refractivity contribution >= 4 is 22.4 Å². The number of carbonyl (C=O) groups is 1. The minimum atomic E-state index is -0.443. The largest absolute Gasteiger partial charge is 0.292 e. The molecular formula is C20H20N4O2. The molecule has 1 N–H and O–H groups in total. The number of aromatic nitrogens is 2. The normalized spacial score (nSPS) is 11.5. The summed E-state index contributed by atoms with van der Waals surface area (Å²) in [7, 11) is 0. The number of hydrazone groups is 1. The van der Waals surface area contributed by atoms with Gasteiger partial charge in [-0.25, -0.2) is 10.1 Å². The summed E-state index contributed by atoms with van der Waals surface area (Å²) in [6, 6.07) is 16.6. The van der Waals surface area contributed by atoms with Crippen LogP contribution >= 0.6 is 0 Å². The molecule has 6 heteroatoms. The molecule has 3 rings (SSSR count). The van der Waals surface area contributed by atoms with Gasteiger partial charge in [0, 0.05) is 11.9 Å². The summed E-state index contributed by atoms with van der Waals surface area (Å²) in [4.78, 5) is 25.2. The zero-order chi connectivity index (χ0) is 18.5. The van der Waals surface area contributed by atoms with Crippen molar-refractivity contribution in [3.8, 4) is 0 Å². The molecule has 0 radical (unpaired) electrons. The Morgan fingerprint density at radius 1 is 1.08 bits per heavy atom. The van der Waals surface area contributed by atoms with Crippen LogP contribution in [0.1, 0.15) is 36.3 Å². The molecule has 3 aromatic rings. The number of aryl methyl sites for hydroxylation is 1. The molecule has 0 aliphatic rings. The highest BCUT2D eigenvalue weighted by molar-refractivity contribution is 6.06. The number of nitrogens with one attached hydrogen (secondary N) is 1. The molecule has 0 aliphatic heterocycles. The third-order valence-corrected chi connectivity index (χ3v) is 4.03. The molecule has 0 bridgehead atoms. The van der Waals surface area contributed by atoms with Crippen molar-refractivity contribution in [2.75, 3.05) is 0 Å². The van der Waals surface area contributed by atoms with E-state index in [-0.39, 0.29) is 11.3 Å². The average Bonchev–Trinajstić information content (AvgIpc) is 2.69. The fourth-order valence-electron chi connectivity index (χ4n) is 2.70. The smallest absolute Gasteiger partial charge is 0.267 e. The van der Waals surface area contributed by atoms with Crippen LogP contribution in [0.5, 0.6) is 0 Å². The van der Waals surface area contributed by atoms with E-state index < -0.39 is 5.91 Å². The van der Waals surface area contributed by atoms with Gasteiger partial charge in [-0.2, -0.15) is 10.2 Å². The summed E-state index contributed by atoms with van der Waals surface area (Å²) >= 11 is 0. The van der Waals surface area contributed by atoms with Crippen molar-refractivity contribution in [1.82, 2.24) is 15.2 Å². The van der Waals surface area contributed by atoms with Crippen LogP contribution in [0.15, 0.2) is 64.5 Å². The maximum atomic E-state index is 12.7. The average molecular weight is 348 g/mol. The lowest BCUT2D eigenvalue weighted by Gasteiger charge is -2.09. The first kappa shape index (κ1) is 17.5. The Labute approximate surface area is 151 Å². The van der Waals surface area contributed by atoms with Gasteiger partial charge in [0.25, 0.3) is 11.5 Å². The van der Waals surface area contributed by atoms with Gasteiger partial charge in [0.1, 0.15) is 0 Å². The van der Waals surface area contributed by atoms with Crippen molar-refractivity contribution in [2.45, 2.75) is 26.8 Å². The second-order valence-electron chi connectivity index (χ2n) is 5.93. The molecule has 132 valence electrons. The molecule has 2 aromatic carbocycles. The predicted octanol–water partition coefficient (Wildman–Crippen LogP) is 2.96. The lowest BCUT2D eigenvalue weighted by atomic mass is 10.1. The van der Waals surface area contributed by atoms with Gasteiger partial charge in [-0.15, -0.1) is 0 Å². The van der Waals surface area contributed by atoms with Crippen LogP contribution < -0.4 is 11.0 Å². The van der Waals surface area contributed by atoms with Crippen molar-refractivity contribution in [3.63, 3.8) is 0 Å². The Hall–Kier alpha value is -3.28. The zero-order valence-corrected chi connectivity index (χ0v) is 14.8. The summed E-state index contributed by atoms with van der Waals surface area (Å²) < 4.78 is 1.34. The quantitative estimate of drug-likeness (QED) is 0.569. The maximum absolute atomic E-state index is 12.7. The van der Waals surface area contributed by atoms with Gasteiger partial charge in [-0.05, 0) is 25.0 Å². The minimum Gasteiger partial charge on any atom is -0.267 e. The Balaban J connectivity index is 1.98. The molecule has 1 heterocycles. The molecule has 0 unspecified atom stereocenters. The number of amides is 1. The molecule has 0 fully saturated rings.